The van der Waals surface area contributed by atoms with E-state index in [1.54, 1.807) is 12.1 Å². The second-order valence-electron chi connectivity index (χ2n) is 3.23. The first-order chi connectivity index (χ1) is 6.11. The second-order valence-corrected chi connectivity index (χ2v) is 3.23. The van der Waals surface area contributed by atoms with Crippen molar-refractivity contribution in [2.75, 3.05) is 0 Å². The van der Waals surface area contributed by atoms with Crippen molar-refractivity contribution in [2.24, 2.45) is 5.73 Å². The Morgan fingerprint density at radius 2 is 1.77 bits per heavy atom. The maximum absolute atomic E-state index is 9.18. The van der Waals surface area contributed by atoms with Gasteiger partial charge in [0, 0.05) is 12.1 Å². The summed E-state index contributed by atoms with van der Waals surface area (Å²) in [5, 5.41) is 18.4. The fourth-order valence-electron chi connectivity index (χ4n) is 1.22. The molecule has 0 amide bonds. The topological polar surface area (TPSA) is 66.5 Å². The van der Waals surface area contributed by atoms with Gasteiger partial charge in [0.2, 0.25) is 0 Å². The van der Waals surface area contributed by atoms with Gasteiger partial charge in [0.1, 0.15) is 11.5 Å². The Kier molecular flexibility index (Phi) is 3.14. The van der Waals surface area contributed by atoms with E-state index < -0.39 is 0 Å². The first-order valence-corrected chi connectivity index (χ1v) is 4.39. The van der Waals surface area contributed by atoms with E-state index in [1.807, 2.05) is 6.92 Å². The molecule has 0 radical (unpaired) electrons. The van der Waals surface area contributed by atoms with Crippen molar-refractivity contribution in [3.8, 4) is 11.5 Å². The summed E-state index contributed by atoms with van der Waals surface area (Å²) in [7, 11) is 0. The molecule has 0 saturated heterocycles. The summed E-state index contributed by atoms with van der Waals surface area (Å²) in [6.07, 6.45) is 1.56. The first kappa shape index (κ1) is 9.86. The summed E-state index contributed by atoms with van der Waals surface area (Å²) >= 11 is 0. The van der Waals surface area contributed by atoms with Crippen LogP contribution in [0.4, 0.5) is 0 Å². The van der Waals surface area contributed by atoms with Crippen molar-refractivity contribution >= 4 is 0 Å². The highest BCUT2D eigenvalue weighted by Crippen LogP contribution is 2.21. The molecule has 0 heterocycles. The minimum atomic E-state index is 0.0818. The lowest BCUT2D eigenvalue weighted by molar-refractivity contribution is 0.448. The molecule has 0 bridgehead atoms. The highest BCUT2D eigenvalue weighted by Gasteiger charge is 2.03. The van der Waals surface area contributed by atoms with Gasteiger partial charge in [-0.3, -0.25) is 0 Å². The summed E-state index contributed by atoms with van der Waals surface area (Å²) in [6.45, 7) is 2.01. The second kappa shape index (κ2) is 4.14. The van der Waals surface area contributed by atoms with Gasteiger partial charge in [-0.1, -0.05) is 6.92 Å². The Bertz CT molecular complexity index is 266. The fourth-order valence-corrected chi connectivity index (χ4v) is 1.22. The highest BCUT2D eigenvalue weighted by atomic mass is 16.3. The monoisotopic (exact) mass is 181 g/mol. The van der Waals surface area contributed by atoms with Crippen LogP contribution in [-0.2, 0) is 6.42 Å². The van der Waals surface area contributed by atoms with E-state index in [-0.39, 0.29) is 17.5 Å². The van der Waals surface area contributed by atoms with E-state index >= 15 is 0 Å². The summed E-state index contributed by atoms with van der Waals surface area (Å²) in [5.74, 6) is 0.164. The SMILES string of the molecule is CCC(N)Cc1cc(O)cc(O)c1. The van der Waals surface area contributed by atoms with Crippen LogP contribution in [0.5, 0.6) is 11.5 Å². The number of rotatable bonds is 3. The van der Waals surface area contributed by atoms with Crippen molar-refractivity contribution in [2.45, 2.75) is 25.8 Å². The van der Waals surface area contributed by atoms with E-state index in [9.17, 15) is 10.2 Å². The molecule has 4 N–H and O–H groups in total. The molecule has 0 aromatic heterocycles. The molecule has 0 aliphatic carbocycles. The summed E-state index contributed by atoms with van der Waals surface area (Å²) < 4.78 is 0. The van der Waals surface area contributed by atoms with Gasteiger partial charge >= 0.3 is 0 Å². The molecule has 0 spiro atoms. The number of phenols is 2. The molecule has 0 fully saturated rings. The Balaban J connectivity index is 2.77. The Labute approximate surface area is 77.8 Å². The fraction of sp³-hybridized carbons (Fsp3) is 0.400. The Morgan fingerprint density at radius 3 is 2.23 bits per heavy atom. The smallest absolute Gasteiger partial charge is 0.119 e. The molecule has 72 valence electrons. The third-order valence-electron chi connectivity index (χ3n) is 1.98. The lowest BCUT2D eigenvalue weighted by Crippen LogP contribution is -2.21. The molecule has 3 heteroatoms. The molecule has 0 aliphatic heterocycles. The molecule has 0 saturated carbocycles. The quantitative estimate of drug-likeness (QED) is 0.660. The van der Waals surface area contributed by atoms with Gasteiger partial charge in [-0.2, -0.15) is 0 Å². The van der Waals surface area contributed by atoms with Crippen LogP contribution in [0.15, 0.2) is 18.2 Å². The molecular formula is C10H15NO2. The van der Waals surface area contributed by atoms with Crippen LogP contribution in [0.25, 0.3) is 0 Å². The van der Waals surface area contributed by atoms with Crippen LogP contribution in [-0.4, -0.2) is 16.3 Å². The number of aromatic hydroxyl groups is 2. The average Bonchev–Trinajstić information content (AvgIpc) is 2.02. The number of benzene rings is 1. The molecule has 1 unspecified atom stereocenters. The van der Waals surface area contributed by atoms with Gasteiger partial charge in [-0.15, -0.1) is 0 Å². The third kappa shape index (κ3) is 2.95. The molecule has 1 aromatic rings. The summed E-state index contributed by atoms with van der Waals surface area (Å²) in [5.41, 5.74) is 6.61. The van der Waals surface area contributed by atoms with Crippen LogP contribution >= 0.6 is 0 Å². The number of nitrogens with two attached hydrogens (primary N) is 1. The van der Waals surface area contributed by atoms with E-state index in [4.69, 9.17) is 5.73 Å². The molecule has 3 nitrogen and oxygen atoms in total. The minimum absolute atomic E-state index is 0.0818. The standard InChI is InChI=1S/C10H15NO2/c1-2-8(11)3-7-4-9(12)6-10(13)5-7/h4-6,8,12-13H,2-3,11H2,1H3. The zero-order chi connectivity index (χ0) is 9.84. The van der Waals surface area contributed by atoms with E-state index in [0.29, 0.717) is 6.42 Å². The van der Waals surface area contributed by atoms with Gasteiger partial charge in [-0.25, -0.2) is 0 Å². The van der Waals surface area contributed by atoms with Crippen molar-refractivity contribution in [1.82, 2.24) is 0 Å². The van der Waals surface area contributed by atoms with E-state index in [1.165, 1.54) is 6.07 Å². The number of hydrogen-bond donors (Lipinski definition) is 3. The maximum atomic E-state index is 9.18. The van der Waals surface area contributed by atoms with Crippen molar-refractivity contribution in [3.63, 3.8) is 0 Å². The van der Waals surface area contributed by atoms with Crippen LogP contribution in [0.3, 0.4) is 0 Å². The zero-order valence-corrected chi connectivity index (χ0v) is 7.70. The van der Waals surface area contributed by atoms with Crippen LogP contribution < -0.4 is 5.73 Å². The number of phenolic OH excluding ortho intramolecular Hbond substituents is 2. The third-order valence-corrected chi connectivity index (χ3v) is 1.98. The largest absolute Gasteiger partial charge is 0.508 e. The van der Waals surface area contributed by atoms with Gasteiger partial charge in [0.15, 0.2) is 0 Å². The summed E-state index contributed by atoms with van der Waals surface area (Å²) in [4.78, 5) is 0. The average molecular weight is 181 g/mol. The minimum Gasteiger partial charge on any atom is -0.508 e. The molecule has 1 rings (SSSR count). The molecular weight excluding hydrogens is 166 g/mol. The maximum Gasteiger partial charge on any atom is 0.119 e. The summed E-state index contributed by atoms with van der Waals surface area (Å²) in [6, 6.07) is 4.63. The molecule has 13 heavy (non-hydrogen) atoms. The normalized spacial score (nSPS) is 12.8. The van der Waals surface area contributed by atoms with Gasteiger partial charge < -0.3 is 15.9 Å². The van der Waals surface area contributed by atoms with E-state index in [0.717, 1.165) is 12.0 Å². The van der Waals surface area contributed by atoms with Gasteiger partial charge in [0.25, 0.3) is 0 Å². The Morgan fingerprint density at radius 1 is 1.23 bits per heavy atom. The highest BCUT2D eigenvalue weighted by molar-refractivity contribution is 5.36. The molecule has 1 aromatic carbocycles. The van der Waals surface area contributed by atoms with Crippen LogP contribution in [0, 0.1) is 0 Å². The number of hydrogen-bond acceptors (Lipinski definition) is 3. The van der Waals surface area contributed by atoms with Crippen molar-refractivity contribution in [3.05, 3.63) is 23.8 Å². The van der Waals surface area contributed by atoms with Gasteiger partial charge in [-0.05, 0) is 30.5 Å². The molecule has 0 aliphatic rings. The van der Waals surface area contributed by atoms with Gasteiger partial charge in [0.05, 0.1) is 0 Å². The zero-order valence-electron chi connectivity index (χ0n) is 7.70. The predicted octanol–water partition coefficient (Wildman–Crippen LogP) is 1.38. The van der Waals surface area contributed by atoms with Crippen LogP contribution in [0.1, 0.15) is 18.9 Å². The van der Waals surface area contributed by atoms with E-state index in [2.05, 4.69) is 0 Å². The van der Waals surface area contributed by atoms with Crippen molar-refractivity contribution < 1.29 is 10.2 Å². The lowest BCUT2D eigenvalue weighted by Gasteiger charge is -2.08. The molecule has 1 atom stereocenters. The first-order valence-electron chi connectivity index (χ1n) is 4.39. The Hall–Kier alpha value is -1.22. The predicted molar refractivity (Wildman–Crippen MR) is 51.7 cm³/mol. The lowest BCUT2D eigenvalue weighted by atomic mass is 10.0. The van der Waals surface area contributed by atoms with Crippen molar-refractivity contribution in [1.29, 1.82) is 0 Å². The van der Waals surface area contributed by atoms with Crippen LogP contribution in [0.2, 0.25) is 0 Å².